The predicted octanol–water partition coefficient (Wildman–Crippen LogP) is 2.07. The largest absolute Gasteiger partial charge is 0.508 e. The fourth-order valence-corrected chi connectivity index (χ4v) is 1.65. The summed E-state index contributed by atoms with van der Waals surface area (Å²) >= 11 is 0. The van der Waals surface area contributed by atoms with Gasteiger partial charge < -0.3 is 20.2 Å². The van der Waals surface area contributed by atoms with E-state index in [-0.39, 0.29) is 18.8 Å². The van der Waals surface area contributed by atoms with Gasteiger partial charge in [-0.15, -0.1) is 0 Å². The predicted molar refractivity (Wildman–Crippen MR) is 65.6 cm³/mol. The highest BCUT2D eigenvalue weighted by atomic mass is 16.3. The van der Waals surface area contributed by atoms with Gasteiger partial charge in [-0.05, 0) is 18.2 Å². The lowest BCUT2D eigenvalue weighted by molar-refractivity contribution is 0.196. The van der Waals surface area contributed by atoms with Crippen molar-refractivity contribution in [3.8, 4) is 5.75 Å². The summed E-state index contributed by atoms with van der Waals surface area (Å²) in [5.41, 5.74) is 5.96. The number of phenolic OH excluding ortho intramolecular Hbond substituents is 1. The van der Waals surface area contributed by atoms with Crippen molar-refractivity contribution in [1.82, 2.24) is 4.90 Å². The number of primary amides is 1. The van der Waals surface area contributed by atoms with E-state index in [1.165, 1.54) is 11.2 Å². The van der Waals surface area contributed by atoms with Gasteiger partial charge in [-0.1, -0.05) is 18.2 Å². The summed E-state index contributed by atoms with van der Waals surface area (Å²) in [7, 11) is 0. The number of aromatic hydroxyl groups is 1. The Kier molecular flexibility index (Phi) is 3.52. The Morgan fingerprint density at radius 2 is 2.00 bits per heavy atom. The molecule has 3 N–H and O–H groups in total. The van der Waals surface area contributed by atoms with Gasteiger partial charge in [0.2, 0.25) is 0 Å². The van der Waals surface area contributed by atoms with Crippen molar-refractivity contribution in [1.29, 1.82) is 0 Å². The van der Waals surface area contributed by atoms with Crippen molar-refractivity contribution >= 4 is 6.03 Å². The molecule has 18 heavy (non-hydrogen) atoms. The Morgan fingerprint density at radius 1 is 1.22 bits per heavy atom. The number of furan rings is 1. The van der Waals surface area contributed by atoms with Crippen molar-refractivity contribution in [2.45, 2.75) is 13.1 Å². The molecule has 1 heterocycles. The van der Waals surface area contributed by atoms with Crippen LogP contribution in [0, 0.1) is 0 Å². The third-order valence-electron chi connectivity index (χ3n) is 2.59. The van der Waals surface area contributed by atoms with Crippen molar-refractivity contribution < 1.29 is 14.3 Å². The van der Waals surface area contributed by atoms with E-state index in [0.29, 0.717) is 11.3 Å². The van der Waals surface area contributed by atoms with E-state index >= 15 is 0 Å². The fourth-order valence-electron chi connectivity index (χ4n) is 1.65. The number of para-hydroxylation sites is 1. The van der Waals surface area contributed by atoms with Gasteiger partial charge in [-0.2, -0.15) is 0 Å². The van der Waals surface area contributed by atoms with Gasteiger partial charge >= 0.3 is 6.03 Å². The molecule has 0 spiro atoms. The summed E-state index contributed by atoms with van der Waals surface area (Å²) in [6, 6.07) is 9.78. The Morgan fingerprint density at radius 3 is 2.61 bits per heavy atom. The second-order valence-corrected chi connectivity index (χ2v) is 3.90. The van der Waals surface area contributed by atoms with Crippen LogP contribution in [0.1, 0.15) is 11.3 Å². The van der Waals surface area contributed by atoms with E-state index in [1.54, 1.807) is 36.4 Å². The topological polar surface area (TPSA) is 79.7 Å². The summed E-state index contributed by atoms with van der Waals surface area (Å²) in [4.78, 5) is 12.8. The van der Waals surface area contributed by atoms with E-state index in [0.717, 1.165) is 0 Å². The number of nitrogens with two attached hydrogens (primary N) is 1. The maximum atomic E-state index is 11.4. The SMILES string of the molecule is NC(=O)N(Cc1ccco1)Cc1ccccc1O. The van der Waals surface area contributed by atoms with Crippen LogP contribution in [0.25, 0.3) is 0 Å². The highest BCUT2D eigenvalue weighted by Crippen LogP contribution is 2.18. The molecule has 94 valence electrons. The molecular weight excluding hydrogens is 232 g/mol. The van der Waals surface area contributed by atoms with Crippen LogP contribution in [0.15, 0.2) is 47.1 Å². The first-order chi connectivity index (χ1) is 8.66. The minimum absolute atomic E-state index is 0.142. The first-order valence-corrected chi connectivity index (χ1v) is 5.50. The van der Waals surface area contributed by atoms with Crippen LogP contribution in [0.2, 0.25) is 0 Å². The third-order valence-corrected chi connectivity index (χ3v) is 2.59. The van der Waals surface area contributed by atoms with Crippen LogP contribution in [-0.4, -0.2) is 16.0 Å². The number of phenols is 1. The number of nitrogens with zero attached hydrogens (tertiary/aromatic N) is 1. The Labute approximate surface area is 104 Å². The Bertz CT molecular complexity index is 523. The van der Waals surface area contributed by atoms with Gasteiger partial charge in [0.05, 0.1) is 19.4 Å². The zero-order valence-electron chi connectivity index (χ0n) is 9.74. The minimum Gasteiger partial charge on any atom is -0.508 e. The molecule has 2 amide bonds. The number of carbonyl (C=O) groups is 1. The van der Waals surface area contributed by atoms with E-state index < -0.39 is 6.03 Å². The van der Waals surface area contributed by atoms with Gasteiger partial charge in [0.15, 0.2) is 0 Å². The van der Waals surface area contributed by atoms with Crippen LogP contribution in [0.4, 0.5) is 4.79 Å². The number of rotatable bonds is 4. The van der Waals surface area contributed by atoms with Crippen LogP contribution in [0.5, 0.6) is 5.75 Å². The molecule has 5 heteroatoms. The van der Waals surface area contributed by atoms with Gasteiger partial charge in [0.25, 0.3) is 0 Å². The molecule has 2 aromatic rings. The summed E-state index contributed by atoms with van der Waals surface area (Å²) in [6.07, 6.45) is 1.54. The first-order valence-electron chi connectivity index (χ1n) is 5.50. The molecule has 0 aliphatic rings. The lowest BCUT2D eigenvalue weighted by atomic mass is 10.2. The Balaban J connectivity index is 2.12. The average Bonchev–Trinajstić information content (AvgIpc) is 2.83. The second-order valence-electron chi connectivity index (χ2n) is 3.90. The van der Waals surface area contributed by atoms with Crippen LogP contribution in [0.3, 0.4) is 0 Å². The van der Waals surface area contributed by atoms with Gasteiger partial charge in [0.1, 0.15) is 11.5 Å². The molecule has 1 aromatic carbocycles. The monoisotopic (exact) mass is 246 g/mol. The second kappa shape index (κ2) is 5.27. The molecule has 0 fully saturated rings. The average molecular weight is 246 g/mol. The zero-order chi connectivity index (χ0) is 13.0. The first kappa shape index (κ1) is 12.0. The van der Waals surface area contributed by atoms with Gasteiger partial charge in [-0.25, -0.2) is 4.79 Å². The minimum atomic E-state index is -0.561. The fraction of sp³-hybridized carbons (Fsp3) is 0.154. The third kappa shape index (κ3) is 2.82. The summed E-state index contributed by atoms with van der Waals surface area (Å²) in [5.74, 6) is 0.785. The smallest absolute Gasteiger partial charge is 0.315 e. The lowest BCUT2D eigenvalue weighted by Gasteiger charge is -2.19. The molecule has 2 rings (SSSR count). The van der Waals surface area contributed by atoms with E-state index in [1.807, 2.05) is 0 Å². The number of carbonyl (C=O) groups excluding carboxylic acids is 1. The summed E-state index contributed by atoms with van der Waals surface area (Å²) in [5, 5.41) is 9.67. The van der Waals surface area contributed by atoms with Gasteiger partial charge in [0, 0.05) is 5.56 Å². The highest BCUT2D eigenvalue weighted by molar-refractivity contribution is 5.72. The number of hydrogen-bond donors (Lipinski definition) is 2. The van der Waals surface area contributed by atoms with Crippen molar-refractivity contribution in [3.05, 3.63) is 54.0 Å². The summed E-state index contributed by atoms with van der Waals surface area (Å²) < 4.78 is 5.17. The normalized spacial score (nSPS) is 10.2. The van der Waals surface area contributed by atoms with Crippen molar-refractivity contribution in [2.24, 2.45) is 5.73 Å². The van der Waals surface area contributed by atoms with E-state index in [9.17, 15) is 9.90 Å². The molecule has 0 aliphatic heterocycles. The van der Waals surface area contributed by atoms with Crippen LogP contribution in [-0.2, 0) is 13.1 Å². The number of urea groups is 1. The quantitative estimate of drug-likeness (QED) is 0.866. The maximum Gasteiger partial charge on any atom is 0.315 e. The van der Waals surface area contributed by atoms with E-state index in [4.69, 9.17) is 10.2 Å². The van der Waals surface area contributed by atoms with E-state index in [2.05, 4.69) is 0 Å². The molecule has 0 saturated heterocycles. The zero-order valence-corrected chi connectivity index (χ0v) is 9.74. The lowest BCUT2D eigenvalue weighted by Crippen LogP contribution is -2.34. The summed E-state index contributed by atoms with van der Waals surface area (Å²) in [6.45, 7) is 0.513. The highest BCUT2D eigenvalue weighted by Gasteiger charge is 2.14. The van der Waals surface area contributed by atoms with Gasteiger partial charge in [-0.3, -0.25) is 0 Å². The molecule has 0 radical (unpaired) electrons. The van der Waals surface area contributed by atoms with Crippen LogP contribution >= 0.6 is 0 Å². The van der Waals surface area contributed by atoms with Crippen molar-refractivity contribution in [3.63, 3.8) is 0 Å². The van der Waals surface area contributed by atoms with Crippen molar-refractivity contribution in [2.75, 3.05) is 0 Å². The maximum absolute atomic E-state index is 11.4. The molecule has 0 unspecified atom stereocenters. The molecule has 1 aromatic heterocycles. The molecular formula is C13H14N2O3. The molecule has 0 aliphatic carbocycles. The number of hydrogen-bond acceptors (Lipinski definition) is 3. The number of benzene rings is 1. The standard InChI is InChI=1S/C13H14N2O3/c14-13(17)15(9-11-5-3-7-18-11)8-10-4-1-2-6-12(10)16/h1-7,16H,8-9H2,(H2,14,17). The molecule has 0 bridgehead atoms. The Hall–Kier alpha value is -2.43. The van der Waals surface area contributed by atoms with Crippen LogP contribution < -0.4 is 5.73 Å². The molecule has 5 nitrogen and oxygen atoms in total. The molecule has 0 saturated carbocycles. The number of amides is 2. The molecule has 0 atom stereocenters.